The molecule has 26 heavy (non-hydrogen) atoms. The standard InChI is InChI=1S/C19H22N4O3/c1-13(2)23-10-15(8-21-23)18-11-25-17-7-14(9-22-5-4-20-12-22)6-16(24-3)19(17)26-18/h4-8,10,12-13,18H,9,11H2,1-3H3. The first-order chi connectivity index (χ1) is 12.6. The molecular weight excluding hydrogens is 332 g/mol. The minimum absolute atomic E-state index is 0.205. The lowest BCUT2D eigenvalue weighted by molar-refractivity contribution is 0.0869. The van der Waals surface area contributed by atoms with Crippen LogP contribution in [0.25, 0.3) is 0 Å². The van der Waals surface area contributed by atoms with Crippen molar-refractivity contribution < 1.29 is 14.2 Å². The minimum atomic E-state index is -0.205. The van der Waals surface area contributed by atoms with Gasteiger partial charge in [0.15, 0.2) is 17.6 Å². The van der Waals surface area contributed by atoms with Crippen molar-refractivity contribution >= 4 is 0 Å². The lowest BCUT2D eigenvalue weighted by Gasteiger charge is -2.27. The van der Waals surface area contributed by atoms with E-state index in [1.54, 1.807) is 19.6 Å². The Morgan fingerprint density at radius 2 is 2.23 bits per heavy atom. The van der Waals surface area contributed by atoms with Gasteiger partial charge < -0.3 is 18.8 Å². The summed E-state index contributed by atoms with van der Waals surface area (Å²) in [6.07, 6.45) is 9.10. The fourth-order valence-electron chi connectivity index (χ4n) is 3.00. The van der Waals surface area contributed by atoms with E-state index in [1.165, 1.54) is 0 Å². The highest BCUT2D eigenvalue weighted by molar-refractivity contribution is 5.55. The third-order valence-electron chi connectivity index (χ3n) is 4.40. The molecule has 0 N–H and O–H groups in total. The fraction of sp³-hybridized carbons (Fsp3) is 0.368. The molecule has 0 aliphatic carbocycles. The Balaban J connectivity index is 1.59. The van der Waals surface area contributed by atoms with E-state index in [1.807, 2.05) is 40.0 Å². The molecule has 0 spiro atoms. The van der Waals surface area contributed by atoms with Crippen molar-refractivity contribution in [1.82, 2.24) is 19.3 Å². The predicted molar refractivity (Wildman–Crippen MR) is 95.8 cm³/mol. The summed E-state index contributed by atoms with van der Waals surface area (Å²) in [5.41, 5.74) is 2.06. The van der Waals surface area contributed by atoms with Crippen molar-refractivity contribution in [3.8, 4) is 17.2 Å². The van der Waals surface area contributed by atoms with Gasteiger partial charge in [0.25, 0.3) is 0 Å². The molecule has 136 valence electrons. The van der Waals surface area contributed by atoms with Gasteiger partial charge in [0.1, 0.15) is 6.61 Å². The molecule has 1 aromatic carbocycles. The summed E-state index contributed by atoms with van der Waals surface area (Å²) >= 11 is 0. The molecule has 4 rings (SSSR count). The third kappa shape index (κ3) is 3.12. The molecular formula is C19H22N4O3. The Morgan fingerprint density at radius 3 is 2.92 bits per heavy atom. The van der Waals surface area contributed by atoms with Crippen LogP contribution in [0.2, 0.25) is 0 Å². The van der Waals surface area contributed by atoms with Gasteiger partial charge in [-0.3, -0.25) is 4.68 Å². The van der Waals surface area contributed by atoms with E-state index in [9.17, 15) is 0 Å². The molecule has 1 unspecified atom stereocenters. The highest BCUT2D eigenvalue weighted by Crippen LogP contribution is 2.44. The van der Waals surface area contributed by atoms with Crippen molar-refractivity contribution in [2.45, 2.75) is 32.5 Å². The first-order valence-corrected chi connectivity index (χ1v) is 8.64. The lowest BCUT2D eigenvalue weighted by Crippen LogP contribution is -2.22. The zero-order chi connectivity index (χ0) is 18.1. The lowest BCUT2D eigenvalue weighted by atomic mass is 10.1. The van der Waals surface area contributed by atoms with E-state index in [-0.39, 0.29) is 6.10 Å². The normalized spacial score (nSPS) is 16.1. The van der Waals surface area contributed by atoms with Crippen LogP contribution in [-0.2, 0) is 6.54 Å². The number of ether oxygens (including phenoxy) is 3. The second-order valence-electron chi connectivity index (χ2n) is 6.63. The van der Waals surface area contributed by atoms with Crippen molar-refractivity contribution in [3.63, 3.8) is 0 Å². The van der Waals surface area contributed by atoms with Crippen molar-refractivity contribution in [2.24, 2.45) is 0 Å². The molecule has 3 heterocycles. The van der Waals surface area contributed by atoms with Gasteiger partial charge in [-0.05, 0) is 31.5 Å². The zero-order valence-electron chi connectivity index (χ0n) is 15.1. The first kappa shape index (κ1) is 16.5. The van der Waals surface area contributed by atoms with E-state index < -0.39 is 0 Å². The van der Waals surface area contributed by atoms with Gasteiger partial charge in [-0.1, -0.05) is 0 Å². The third-order valence-corrected chi connectivity index (χ3v) is 4.40. The smallest absolute Gasteiger partial charge is 0.204 e. The topological polar surface area (TPSA) is 63.3 Å². The van der Waals surface area contributed by atoms with Gasteiger partial charge in [0.2, 0.25) is 5.75 Å². The highest BCUT2D eigenvalue weighted by atomic mass is 16.6. The van der Waals surface area contributed by atoms with Gasteiger partial charge in [-0.15, -0.1) is 0 Å². The second kappa shape index (κ2) is 6.74. The Kier molecular flexibility index (Phi) is 4.28. The maximum atomic E-state index is 6.20. The molecule has 0 saturated heterocycles. The summed E-state index contributed by atoms with van der Waals surface area (Å²) in [4.78, 5) is 4.07. The summed E-state index contributed by atoms with van der Waals surface area (Å²) < 4.78 is 21.7. The fourth-order valence-corrected chi connectivity index (χ4v) is 3.00. The van der Waals surface area contributed by atoms with Gasteiger partial charge >= 0.3 is 0 Å². The van der Waals surface area contributed by atoms with Crippen molar-refractivity contribution in [1.29, 1.82) is 0 Å². The molecule has 0 bridgehead atoms. The molecule has 0 radical (unpaired) electrons. The Hall–Kier alpha value is -2.96. The molecule has 3 aromatic rings. The number of imidazole rings is 1. The van der Waals surface area contributed by atoms with Crippen LogP contribution in [0, 0.1) is 0 Å². The van der Waals surface area contributed by atoms with Crippen LogP contribution in [-0.4, -0.2) is 33.0 Å². The van der Waals surface area contributed by atoms with Gasteiger partial charge in [-0.25, -0.2) is 4.98 Å². The van der Waals surface area contributed by atoms with Crippen LogP contribution >= 0.6 is 0 Å². The molecule has 2 aromatic heterocycles. The Morgan fingerprint density at radius 1 is 1.35 bits per heavy atom. The molecule has 1 atom stereocenters. The average Bonchev–Trinajstić information content (AvgIpc) is 3.32. The molecule has 0 amide bonds. The summed E-state index contributed by atoms with van der Waals surface area (Å²) in [6, 6.07) is 4.27. The molecule has 1 aliphatic rings. The minimum Gasteiger partial charge on any atom is -0.493 e. The van der Waals surface area contributed by atoms with Crippen LogP contribution < -0.4 is 14.2 Å². The van der Waals surface area contributed by atoms with E-state index in [0.717, 1.165) is 11.1 Å². The predicted octanol–water partition coefficient (Wildman–Crippen LogP) is 3.23. The summed E-state index contributed by atoms with van der Waals surface area (Å²) in [7, 11) is 1.64. The monoisotopic (exact) mass is 354 g/mol. The highest BCUT2D eigenvalue weighted by Gasteiger charge is 2.27. The number of nitrogens with zero attached hydrogens (tertiary/aromatic N) is 4. The number of benzene rings is 1. The van der Waals surface area contributed by atoms with E-state index >= 15 is 0 Å². The quantitative estimate of drug-likeness (QED) is 0.704. The van der Waals surface area contributed by atoms with Crippen molar-refractivity contribution in [3.05, 3.63) is 54.4 Å². The summed E-state index contributed by atoms with van der Waals surface area (Å²) in [5, 5.41) is 4.39. The van der Waals surface area contributed by atoms with Gasteiger partial charge in [0.05, 0.1) is 19.6 Å². The van der Waals surface area contributed by atoms with E-state index in [4.69, 9.17) is 14.2 Å². The van der Waals surface area contributed by atoms with E-state index in [0.29, 0.717) is 36.4 Å². The SMILES string of the molecule is COc1cc(Cn2ccnc2)cc2c1OC(c1cnn(C(C)C)c1)CO2. The number of aromatic nitrogens is 4. The number of hydrogen-bond donors (Lipinski definition) is 0. The molecule has 7 nitrogen and oxygen atoms in total. The number of rotatable bonds is 5. The van der Waals surface area contributed by atoms with Crippen LogP contribution in [0.3, 0.4) is 0 Å². The molecule has 0 fully saturated rings. The largest absolute Gasteiger partial charge is 0.493 e. The summed E-state index contributed by atoms with van der Waals surface area (Å²) in [5.74, 6) is 2.00. The maximum Gasteiger partial charge on any atom is 0.204 e. The van der Waals surface area contributed by atoms with Gasteiger partial charge in [-0.2, -0.15) is 5.10 Å². The van der Waals surface area contributed by atoms with Crippen LogP contribution in [0.5, 0.6) is 17.2 Å². The Labute approximate surface area is 152 Å². The zero-order valence-corrected chi connectivity index (χ0v) is 15.1. The molecule has 1 aliphatic heterocycles. The molecule has 7 heteroatoms. The average molecular weight is 354 g/mol. The number of hydrogen-bond acceptors (Lipinski definition) is 5. The van der Waals surface area contributed by atoms with Crippen molar-refractivity contribution in [2.75, 3.05) is 13.7 Å². The number of methoxy groups -OCH3 is 1. The Bertz CT molecular complexity index is 869. The number of fused-ring (bicyclic) bond motifs is 1. The summed E-state index contributed by atoms with van der Waals surface area (Å²) in [6.45, 7) is 5.32. The van der Waals surface area contributed by atoms with Gasteiger partial charge in [0, 0.05) is 36.7 Å². The maximum absolute atomic E-state index is 6.20. The van der Waals surface area contributed by atoms with Crippen LogP contribution in [0.1, 0.15) is 37.1 Å². The first-order valence-electron chi connectivity index (χ1n) is 8.64. The van der Waals surface area contributed by atoms with Crippen LogP contribution in [0.15, 0.2) is 43.2 Å². The van der Waals surface area contributed by atoms with E-state index in [2.05, 4.69) is 23.9 Å². The second-order valence-corrected chi connectivity index (χ2v) is 6.63. The van der Waals surface area contributed by atoms with Crippen LogP contribution in [0.4, 0.5) is 0 Å². The molecule has 0 saturated carbocycles.